The molecule has 1 aromatic carbocycles. The second-order valence-corrected chi connectivity index (χ2v) is 11.3. The molecule has 2 heterocycles. The van der Waals surface area contributed by atoms with E-state index in [0.717, 1.165) is 42.7 Å². The Labute approximate surface area is 189 Å². The summed E-state index contributed by atoms with van der Waals surface area (Å²) in [6, 6.07) is 7.39. The zero-order chi connectivity index (χ0) is 22.1. The van der Waals surface area contributed by atoms with E-state index >= 15 is 0 Å². The molecule has 6 heteroatoms. The van der Waals surface area contributed by atoms with Crippen LogP contribution >= 0.6 is 0 Å². The van der Waals surface area contributed by atoms with Crippen molar-refractivity contribution < 1.29 is 14.4 Å². The van der Waals surface area contributed by atoms with E-state index in [1.54, 1.807) is 11.0 Å². The zero-order valence-electron chi connectivity index (χ0n) is 18.9. The topological polar surface area (TPSA) is 69.7 Å². The van der Waals surface area contributed by atoms with Gasteiger partial charge in [-0.2, -0.15) is 0 Å². The Bertz CT molecular complexity index is 953. The standard InChI is InChI=1S/C26H33N3O3/c1-25-9-8-23(31)29(25)21-6-3-2-5-20(21)24(32)28(25)10-4-7-22(30)27-26-14-17-11-18(15-26)13-19(12-17)16-26/h2-3,5-6,17-19H,4,7-16H2,1H3,(H,27,30). The Kier molecular flexibility index (Phi) is 4.47. The summed E-state index contributed by atoms with van der Waals surface area (Å²) < 4.78 is 0. The first kappa shape index (κ1) is 20.3. The molecule has 0 radical (unpaired) electrons. The minimum absolute atomic E-state index is 0.0319. The number of nitrogens with one attached hydrogen (secondary N) is 1. The minimum Gasteiger partial charge on any atom is -0.351 e. The Morgan fingerprint density at radius 2 is 1.72 bits per heavy atom. The molecular weight excluding hydrogens is 402 g/mol. The number of carbonyl (C=O) groups is 3. The number of hydrogen-bond donors (Lipinski definition) is 1. The molecule has 1 saturated heterocycles. The Morgan fingerprint density at radius 1 is 1.06 bits per heavy atom. The fourth-order valence-corrected chi connectivity index (χ4v) is 8.06. The molecule has 5 fully saturated rings. The van der Waals surface area contributed by atoms with Gasteiger partial charge < -0.3 is 10.2 Å². The van der Waals surface area contributed by atoms with E-state index in [1.165, 1.54) is 19.3 Å². The lowest BCUT2D eigenvalue weighted by molar-refractivity contribution is -0.127. The molecule has 1 aromatic rings. The highest BCUT2D eigenvalue weighted by Crippen LogP contribution is 2.55. The lowest BCUT2D eigenvalue weighted by Gasteiger charge is -2.57. The van der Waals surface area contributed by atoms with Crippen LogP contribution in [0.5, 0.6) is 0 Å². The number of fused-ring (bicyclic) bond motifs is 3. The van der Waals surface area contributed by atoms with Gasteiger partial charge in [0.15, 0.2) is 0 Å². The molecule has 4 saturated carbocycles. The average molecular weight is 436 g/mol. The molecule has 32 heavy (non-hydrogen) atoms. The molecule has 0 aromatic heterocycles. The molecule has 6 aliphatic rings. The van der Waals surface area contributed by atoms with Gasteiger partial charge in [0.25, 0.3) is 5.91 Å². The number of carbonyl (C=O) groups excluding carboxylic acids is 3. The van der Waals surface area contributed by atoms with E-state index in [0.29, 0.717) is 37.8 Å². The van der Waals surface area contributed by atoms with Gasteiger partial charge in [-0.25, -0.2) is 0 Å². The molecule has 170 valence electrons. The third-order valence-electron chi connectivity index (χ3n) is 8.97. The monoisotopic (exact) mass is 435 g/mol. The lowest BCUT2D eigenvalue weighted by Crippen LogP contribution is -2.62. The first-order valence-electron chi connectivity index (χ1n) is 12.4. The second kappa shape index (κ2) is 7.06. The number of nitrogens with zero attached hydrogens (tertiary/aromatic N) is 2. The zero-order valence-corrected chi connectivity index (χ0v) is 18.9. The molecule has 1 atom stereocenters. The van der Waals surface area contributed by atoms with Gasteiger partial charge in [-0.3, -0.25) is 19.3 Å². The normalized spacial score (nSPS) is 37.0. The van der Waals surface area contributed by atoms with Crippen LogP contribution in [0, 0.1) is 17.8 Å². The van der Waals surface area contributed by atoms with Gasteiger partial charge in [-0.05, 0) is 88.2 Å². The van der Waals surface area contributed by atoms with Crippen LogP contribution in [0.1, 0.15) is 81.5 Å². The van der Waals surface area contributed by atoms with Gasteiger partial charge in [-0.15, -0.1) is 0 Å². The predicted octanol–water partition coefficient (Wildman–Crippen LogP) is 3.85. The highest BCUT2D eigenvalue weighted by Gasteiger charge is 2.53. The van der Waals surface area contributed by atoms with E-state index in [9.17, 15) is 14.4 Å². The first-order valence-corrected chi connectivity index (χ1v) is 12.4. The Morgan fingerprint density at radius 3 is 2.41 bits per heavy atom. The minimum atomic E-state index is -0.640. The molecule has 1 N–H and O–H groups in total. The summed E-state index contributed by atoms with van der Waals surface area (Å²) in [5.74, 6) is 2.57. The van der Waals surface area contributed by atoms with Crippen molar-refractivity contribution in [3.8, 4) is 0 Å². The van der Waals surface area contributed by atoms with Gasteiger partial charge in [0.1, 0.15) is 5.66 Å². The first-order chi connectivity index (χ1) is 15.4. The molecule has 3 amide bonds. The van der Waals surface area contributed by atoms with Gasteiger partial charge in [0.2, 0.25) is 11.8 Å². The van der Waals surface area contributed by atoms with Crippen molar-refractivity contribution in [2.75, 3.05) is 11.4 Å². The van der Waals surface area contributed by atoms with Crippen molar-refractivity contribution >= 4 is 23.4 Å². The number of rotatable bonds is 5. The SMILES string of the molecule is CC12CCC(=O)N1c1ccccc1C(=O)N2CCCC(=O)NC12CC3CC(CC(C3)C1)C2. The van der Waals surface area contributed by atoms with Gasteiger partial charge in [0, 0.05) is 24.9 Å². The quantitative estimate of drug-likeness (QED) is 0.764. The fraction of sp³-hybridized carbons (Fsp3) is 0.654. The van der Waals surface area contributed by atoms with Crippen LogP contribution in [0.25, 0.3) is 0 Å². The van der Waals surface area contributed by atoms with Gasteiger partial charge in [-0.1, -0.05) is 12.1 Å². The van der Waals surface area contributed by atoms with Crippen molar-refractivity contribution in [2.45, 2.75) is 82.3 Å². The fourth-order valence-electron chi connectivity index (χ4n) is 8.06. The van der Waals surface area contributed by atoms with Crippen molar-refractivity contribution in [1.82, 2.24) is 10.2 Å². The summed E-state index contributed by atoms with van der Waals surface area (Å²) in [6.45, 7) is 2.48. The summed E-state index contributed by atoms with van der Waals surface area (Å²) in [4.78, 5) is 42.6. The van der Waals surface area contributed by atoms with Crippen molar-refractivity contribution in [3.63, 3.8) is 0 Å². The summed E-state index contributed by atoms with van der Waals surface area (Å²) in [7, 11) is 0. The summed E-state index contributed by atoms with van der Waals surface area (Å²) in [6.07, 6.45) is 9.67. The summed E-state index contributed by atoms with van der Waals surface area (Å²) in [5.41, 5.74) is 0.696. The maximum atomic E-state index is 13.3. The maximum Gasteiger partial charge on any atom is 0.257 e. The molecule has 6 nitrogen and oxygen atoms in total. The Balaban J connectivity index is 1.13. The summed E-state index contributed by atoms with van der Waals surface area (Å²) >= 11 is 0. The lowest BCUT2D eigenvalue weighted by atomic mass is 9.53. The Hall–Kier alpha value is -2.37. The smallest absolute Gasteiger partial charge is 0.257 e. The highest BCUT2D eigenvalue weighted by atomic mass is 16.2. The van der Waals surface area contributed by atoms with Crippen LogP contribution < -0.4 is 10.2 Å². The summed E-state index contributed by atoms with van der Waals surface area (Å²) in [5, 5.41) is 3.45. The van der Waals surface area contributed by atoms with E-state index in [1.807, 2.05) is 30.0 Å². The number of benzene rings is 1. The van der Waals surface area contributed by atoms with Crippen molar-refractivity contribution in [2.24, 2.45) is 17.8 Å². The molecule has 1 unspecified atom stereocenters. The largest absolute Gasteiger partial charge is 0.351 e. The predicted molar refractivity (Wildman–Crippen MR) is 121 cm³/mol. The number of hydrogen-bond acceptors (Lipinski definition) is 3. The van der Waals surface area contributed by atoms with E-state index < -0.39 is 5.66 Å². The number of para-hydroxylation sites is 1. The van der Waals surface area contributed by atoms with Crippen LogP contribution in [-0.2, 0) is 9.59 Å². The van der Waals surface area contributed by atoms with E-state index in [-0.39, 0.29) is 23.3 Å². The average Bonchev–Trinajstić information content (AvgIpc) is 3.04. The van der Waals surface area contributed by atoms with Crippen molar-refractivity contribution in [1.29, 1.82) is 0 Å². The molecule has 4 aliphatic carbocycles. The highest BCUT2D eigenvalue weighted by molar-refractivity contribution is 6.10. The van der Waals surface area contributed by atoms with E-state index in [2.05, 4.69) is 5.32 Å². The molecule has 7 rings (SSSR count). The van der Waals surface area contributed by atoms with Crippen LogP contribution in [0.3, 0.4) is 0 Å². The molecule has 4 bridgehead atoms. The molecular formula is C26H33N3O3. The van der Waals surface area contributed by atoms with Crippen molar-refractivity contribution in [3.05, 3.63) is 29.8 Å². The van der Waals surface area contributed by atoms with Crippen LogP contribution in [0.4, 0.5) is 5.69 Å². The molecule has 0 spiro atoms. The molecule has 2 aliphatic heterocycles. The van der Waals surface area contributed by atoms with Crippen LogP contribution in [0.15, 0.2) is 24.3 Å². The number of amides is 3. The maximum absolute atomic E-state index is 13.3. The van der Waals surface area contributed by atoms with Gasteiger partial charge >= 0.3 is 0 Å². The van der Waals surface area contributed by atoms with E-state index in [4.69, 9.17) is 0 Å². The van der Waals surface area contributed by atoms with Gasteiger partial charge in [0.05, 0.1) is 11.3 Å². The third-order valence-corrected chi connectivity index (χ3v) is 8.97. The van der Waals surface area contributed by atoms with Crippen LogP contribution in [0.2, 0.25) is 0 Å². The number of anilines is 1. The third kappa shape index (κ3) is 3.01. The second-order valence-electron chi connectivity index (χ2n) is 11.3. The van der Waals surface area contributed by atoms with Crippen LogP contribution in [-0.4, -0.2) is 40.4 Å².